The lowest BCUT2D eigenvalue weighted by atomic mass is 10.1. The molecule has 1 aliphatic carbocycles. The summed E-state index contributed by atoms with van der Waals surface area (Å²) >= 11 is 0. The van der Waals surface area contributed by atoms with Gasteiger partial charge in [0, 0.05) is 24.1 Å². The number of carbonyl (C=O) groups is 1. The molecule has 26 heavy (non-hydrogen) atoms. The number of anilines is 2. The third kappa shape index (κ3) is 4.59. The minimum absolute atomic E-state index is 0.0754. The maximum absolute atomic E-state index is 12.4. The van der Waals surface area contributed by atoms with E-state index in [1.54, 1.807) is 12.4 Å². The molecule has 5 nitrogen and oxygen atoms in total. The zero-order valence-corrected chi connectivity index (χ0v) is 15.7. The van der Waals surface area contributed by atoms with Crippen LogP contribution in [0.5, 0.6) is 0 Å². The van der Waals surface area contributed by atoms with Gasteiger partial charge in [0.05, 0.1) is 5.56 Å². The fourth-order valence-corrected chi connectivity index (χ4v) is 3.52. The fraction of sp³-hybridized carbons (Fsp3) is 0.476. The molecule has 1 amide bonds. The van der Waals surface area contributed by atoms with Crippen LogP contribution in [0.15, 0.2) is 30.6 Å². The molecule has 0 unspecified atom stereocenters. The van der Waals surface area contributed by atoms with E-state index in [-0.39, 0.29) is 11.9 Å². The van der Waals surface area contributed by atoms with Crippen LogP contribution < -0.4 is 10.6 Å². The Morgan fingerprint density at radius 1 is 1.12 bits per heavy atom. The van der Waals surface area contributed by atoms with Crippen LogP contribution in [0.2, 0.25) is 0 Å². The molecule has 1 heterocycles. The van der Waals surface area contributed by atoms with E-state index in [9.17, 15) is 4.79 Å². The van der Waals surface area contributed by atoms with Gasteiger partial charge in [-0.25, -0.2) is 9.97 Å². The molecule has 1 aromatic carbocycles. The van der Waals surface area contributed by atoms with Crippen molar-refractivity contribution in [1.29, 1.82) is 0 Å². The van der Waals surface area contributed by atoms with Gasteiger partial charge in [-0.2, -0.15) is 0 Å². The smallest absolute Gasteiger partial charge is 0.254 e. The summed E-state index contributed by atoms with van der Waals surface area (Å²) in [6.45, 7) is 4.19. The van der Waals surface area contributed by atoms with E-state index >= 15 is 0 Å². The molecule has 0 saturated heterocycles. The van der Waals surface area contributed by atoms with Crippen LogP contribution in [0.1, 0.15) is 66.9 Å². The topological polar surface area (TPSA) is 66.9 Å². The Morgan fingerprint density at radius 2 is 1.81 bits per heavy atom. The standard InChI is InChI=1S/C21H28N4O/c1-3-16-10-8-9-15(2)19(16)25-21-22-13-17(14-23-21)20(26)24-18-11-6-4-5-7-12-18/h8-10,13-14,18H,3-7,11-12H2,1-2H3,(H,24,26)(H,22,23,25). The molecule has 5 heteroatoms. The van der Waals surface area contributed by atoms with Crippen molar-refractivity contribution in [3.05, 3.63) is 47.3 Å². The molecule has 2 N–H and O–H groups in total. The number of rotatable bonds is 5. The molecule has 1 aromatic heterocycles. The predicted octanol–water partition coefficient (Wildman–Crippen LogP) is 4.54. The second-order valence-electron chi connectivity index (χ2n) is 7.04. The predicted molar refractivity (Wildman–Crippen MR) is 105 cm³/mol. The van der Waals surface area contributed by atoms with E-state index in [0.29, 0.717) is 11.5 Å². The Bertz CT molecular complexity index is 734. The number of aryl methyl sites for hydroxylation is 2. The van der Waals surface area contributed by atoms with Gasteiger partial charge in [-0.3, -0.25) is 4.79 Å². The molecule has 0 atom stereocenters. The summed E-state index contributed by atoms with van der Waals surface area (Å²) in [5.41, 5.74) is 3.94. The summed E-state index contributed by atoms with van der Waals surface area (Å²) in [4.78, 5) is 21.1. The monoisotopic (exact) mass is 352 g/mol. The van der Waals surface area contributed by atoms with E-state index in [1.807, 2.05) is 0 Å². The molecule has 0 spiro atoms. The molecule has 3 rings (SSSR count). The van der Waals surface area contributed by atoms with Gasteiger partial charge in [0.2, 0.25) is 5.95 Å². The van der Waals surface area contributed by atoms with Gasteiger partial charge in [-0.1, -0.05) is 50.8 Å². The maximum Gasteiger partial charge on any atom is 0.254 e. The quantitative estimate of drug-likeness (QED) is 0.775. The van der Waals surface area contributed by atoms with Crippen LogP contribution in [0, 0.1) is 6.92 Å². The number of hydrogen-bond acceptors (Lipinski definition) is 4. The Labute approximate surface area is 155 Å². The molecule has 0 bridgehead atoms. The lowest BCUT2D eigenvalue weighted by Crippen LogP contribution is -2.34. The van der Waals surface area contributed by atoms with E-state index in [2.05, 4.69) is 52.6 Å². The lowest BCUT2D eigenvalue weighted by molar-refractivity contribution is 0.0932. The minimum Gasteiger partial charge on any atom is -0.349 e. The van der Waals surface area contributed by atoms with Gasteiger partial charge in [0.25, 0.3) is 5.91 Å². The summed E-state index contributed by atoms with van der Waals surface area (Å²) in [6, 6.07) is 6.50. The first-order valence-corrected chi connectivity index (χ1v) is 9.65. The number of carbonyl (C=O) groups excluding carboxylic acids is 1. The number of benzene rings is 1. The van der Waals surface area contributed by atoms with Crippen molar-refractivity contribution < 1.29 is 4.79 Å². The zero-order chi connectivity index (χ0) is 18.4. The van der Waals surface area contributed by atoms with Gasteiger partial charge in [0.1, 0.15) is 0 Å². The van der Waals surface area contributed by atoms with Gasteiger partial charge in [-0.05, 0) is 37.3 Å². The second kappa shape index (κ2) is 8.79. The number of nitrogens with one attached hydrogen (secondary N) is 2. The van der Waals surface area contributed by atoms with E-state index in [1.165, 1.54) is 31.2 Å². The Hall–Kier alpha value is -2.43. The van der Waals surface area contributed by atoms with Crippen LogP contribution in [0.3, 0.4) is 0 Å². The van der Waals surface area contributed by atoms with Crippen molar-refractivity contribution in [2.24, 2.45) is 0 Å². The highest BCUT2D eigenvalue weighted by Crippen LogP contribution is 2.23. The molecule has 1 saturated carbocycles. The first kappa shape index (κ1) is 18.4. The third-order valence-electron chi connectivity index (χ3n) is 5.08. The SMILES string of the molecule is CCc1cccc(C)c1Nc1ncc(C(=O)NC2CCCCCC2)cn1. The molecule has 1 aliphatic rings. The van der Waals surface area contributed by atoms with E-state index in [4.69, 9.17) is 0 Å². The first-order valence-electron chi connectivity index (χ1n) is 9.65. The average molecular weight is 352 g/mol. The van der Waals surface area contributed by atoms with Crippen molar-refractivity contribution >= 4 is 17.5 Å². The largest absolute Gasteiger partial charge is 0.349 e. The molecular weight excluding hydrogens is 324 g/mol. The van der Waals surface area contributed by atoms with Crippen molar-refractivity contribution in [1.82, 2.24) is 15.3 Å². The summed E-state index contributed by atoms with van der Waals surface area (Å²) < 4.78 is 0. The van der Waals surface area contributed by atoms with Gasteiger partial charge >= 0.3 is 0 Å². The third-order valence-corrected chi connectivity index (χ3v) is 5.08. The molecule has 1 fully saturated rings. The molecule has 2 aromatic rings. The number of para-hydroxylation sites is 1. The molecule has 0 aliphatic heterocycles. The van der Waals surface area contributed by atoms with E-state index < -0.39 is 0 Å². The van der Waals surface area contributed by atoms with Crippen molar-refractivity contribution in [3.8, 4) is 0 Å². The van der Waals surface area contributed by atoms with Crippen molar-refractivity contribution in [2.45, 2.75) is 64.8 Å². The maximum atomic E-state index is 12.4. The summed E-state index contributed by atoms with van der Waals surface area (Å²) in [5.74, 6) is 0.439. The fourth-order valence-electron chi connectivity index (χ4n) is 3.52. The van der Waals surface area contributed by atoms with Crippen LogP contribution in [-0.2, 0) is 6.42 Å². The van der Waals surface area contributed by atoms with Crippen LogP contribution in [0.25, 0.3) is 0 Å². The number of aromatic nitrogens is 2. The molecule has 138 valence electrons. The average Bonchev–Trinajstić information content (AvgIpc) is 2.92. The normalized spacial score (nSPS) is 15.3. The van der Waals surface area contributed by atoms with Crippen molar-refractivity contribution in [3.63, 3.8) is 0 Å². The van der Waals surface area contributed by atoms with Gasteiger partial charge < -0.3 is 10.6 Å². The number of nitrogens with zero attached hydrogens (tertiary/aromatic N) is 2. The van der Waals surface area contributed by atoms with Crippen molar-refractivity contribution in [2.75, 3.05) is 5.32 Å². The zero-order valence-electron chi connectivity index (χ0n) is 15.7. The summed E-state index contributed by atoms with van der Waals surface area (Å²) in [5, 5.41) is 6.43. The van der Waals surface area contributed by atoms with Gasteiger partial charge in [-0.15, -0.1) is 0 Å². The lowest BCUT2D eigenvalue weighted by Gasteiger charge is -2.16. The summed E-state index contributed by atoms with van der Waals surface area (Å²) in [6.07, 6.45) is 11.2. The van der Waals surface area contributed by atoms with E-state index in [0.717, 1.165) is 30.5 Å². The van der Waals surface area contributed by atoms with Crippen LogP contribution >= 0.6 is 0 Å². The summed E-state index contributed by atoms with van der Waals surface area (Å²) in [7, 11) is 0. The Balaban J connectivity index is 1.66. The first-order chi connectivity index (χ1) is 12.7. The van der Waals surface area contributed by atoms with Gasteiger partial charge in [0.15, 0.2) is 0 Å². The molecule has 0 radical (unpaired) electrons. The number of hydrogen-bond donors (Lipinski definition) is 2. The Kier molecular flexibility index (Phi) is 6.21. The Morgan fingerprint density at radius 3 is 2.46 bits per heavy atom. The highest BCUT2D eigenvalue weighted by Gasteiger charge is 2.16. The van der Waals surface area contributed by atoms with Crippen LogP contribution in [0.4, 0.5) is 11.6 Å². The minimum atomic E-state index is -0.0754. The highest BCUT2D eigenvalue weighted by molar-refractivity contribution is 5.93. The van der Waals surface area contributed by atoms with Crippen LogP contribution in [-0.4, -0.2) is 21.9 Å². The molecular formula is C21H28N4O. The second-order valence-corrected chi connectivity index (χ2v) is 7.04. The highest BCUT2D eigenvalue weighted by atomic mass is 16.1. The number of amides is 1.